The average Bonchev–Trinajstić information content (AvgIpc) is 3.14. The van der Waals surface area contributed by atoms with Gasteiger partial charge in [0.25, 0.3) is 0 Å². The van der Waals surface area contributed by atoms with Crippen LogP contribution in [0.25, 0.3) is 6.08 Å². The fourth-order valence-electron chi connectivity index (χ4n) is 6.65. The third-order valence-corrected chi connectivity index (χ3v) is 15.9. The van der Waals surface area contributed by atoms with Gasteiger partial charge in [-0.2, -0.15) is 0 Å². The molecule has 0 aromatic carbocycles. The summed E-state index contributed by atoms with van der Waals surface area (Å²) in [5.41, 5.74) is 1.34. The van der Waals surface area contributed by atoms with Crippen molar-refractivity contribution in [3.05, 3.63) is 21.7 Å². The number of aromatic nitrogens is 1. The molecule has 41 heavy (non-hydrogen) atoms. The Morgan fingerprint density at radius 3 is 2.41 bits per heavy atom. The summed E-state index contributed by atoms with van der Waals surface area (Å²) in [7, 11) is -2.07. The van der Waals surface area contributed by atoms with E-state index in [1.807, 2.05) is 20.8 Å². The van der Waals surface area contributed by atoms with Gasteiger partial charge < -0.3 is 9.74 Å². The minimum atomic E-state index is -2.07. The lowest BCUT2D eigenvalue weighted by Gasteiger charge is -2.42. The lowest BCUT2D eigenvalue weighted by molar-refractivity contribution is -0.132. The Hall–Kier alpha value is -1.31. The Morgan fingerprint density at radius 2 is 1.83 bits per heavy atom. The van der Waals surface area contributed by atoms with Gasteiger partial charge in [-0.1, -0.05) is 68.2 Å². The van der Waals surface area contributed by atoms with Crippen molar-refractivity contribution < 1.29 is 14.0 Å². The number of aryl methyl sites for hydroxylation is 1. The van der Waals surface area contributed by atoms with E-state index in [0.717, 1.165) is 54.8 Å². The summed E-state index contributed by atoms with van der Waals surface area (Å²) < 4.78 is 7.38. The highest BCUT2D eigenvalue weighted by atomic mass is 32.1. The van der Waals surface area contributed by atoms with Gasteiger partial charge in [0.1, 0.15) is 5.78 Å². The van der Waals surface area contributed by atoms with Gasteiger partial charge in [-0.25, -0.2) is 4.98 Å². The number of Topliss-reactive ketones (excluding diaryl/α,β-unsaturated/α-hetero) is 1. The molecule has 2 aliphatic rings. The highest BCUT2D eigenvalue weighted by molar-refractivity contribution is 7.09. The van der Waals surface area contributed by atoms with Gasteiger partial charge in [-0.05, 0) is 87.1 Å². The van der Waals surface area contributed by atoms with Gasteiger partial charge in [-0.3, -0.25) is 9.59 Å². The minimum absolute atomic E-state index is 0.00739. The van der Waals surface area contributed by atoms with E-state index in [0.29, 0.717) is 18.8 Å². The molecule has 0 spiro atoms. The van der Waals surface area contributed by atoms with Crippen molar-refractivity contribution in [2.24, 2.45) is 22.7 Å². The number of nitrogens with zero attached hydrogens (tertiary/aromatic N) is 1. The topological polar surface area (TPSA) is 68.3 Å². The molecule has 232 valence electrons. The largest absolute Gasteiger partial charge is 0.411 e. The van der Waals surface area contributed by atoms with Crippen molar-refractivity contribution in [1.29, 1.82) is 0 Å². The molecule has 2 heterocycles. The molecule has 0 radical (unpaired) electrons. The highest BCUT2D eigenvalue weighted by Gasteiger charge is 2.67. The van der Waals surface area contributed by atoms with Crippen molar-refractivity contribution in [3.63, 3.8) is 0 Å². The predicted molar refractivity (Wildman–Crippen MR) is 176 cm³/mol. The van der Waals surface area contributed by atoms with Crippen LogP contribution in [-0.2, 0) is 14.0 Å². The molecule has 2 fully saturated rings. The first-order valence-corrected chi connectivity index (χ1v) is 19.6. The van der Waals surface area contributed by atoms with Gasteiger partial charge in [-0.15, -0.1) is 11.3 Å². The first-order valence-electron chi connectivity index (χ1n) is 15.8. The van der Waals surface area contributed by atoms with Crippen LogP contribution in [0.2, 0.25) is 18.1 Å². The molecule has 1 aliphatic heterocycles. The van der Waals surface area contributed by atoms with E-state index in [4.69, 9.17) is 4.43 Å². The Labute approximate surface area is 255 Å². The van der Waals surface area contributed by atoms with E-state index in [-0.39, 0.29) is 39.7 Å². The monoisotopic (exact) mass is 602 g/mol. The second-order valence-corrected chi connectivity index (χ2v) is 21.8. The van der Waals surface area contributed by atoms with Crippen LogP contribution in [0.3, 0.4) is 0 Å². The maximum absolute atomic E-state index is 13.5. The summed E-state index contributed by atoms with van der Waals surface area (Å²) in [5, 5.41) is 6.63. The van der Waals surface area contributed by atoms with E-state index in [2.05, 4.69) is 83.3 Å². The van der Waals surface area contributed by atoms with Crippen LogP contribution >= 0.6 is 11.3 Å². The molecule has 1 aromatic rings. The van der Waals surface area contributed by atoms with E-state index in [1.54, 1.807) is 11.3 Å². The molecule has 1 aliphatic carbocycles. The molecule has 0 bridgehead atoms. The third-order valence-electron chi connectivity index (χ3n) is 10.6. The van der Waals surface area contributed by atoms with E-state index < -0.39 is 13.7 Å². The first-order chi connectivity index (χ1) is 18.7. The van der Waals surface area contributed by atoms with Crippen LogP contribution in [0.15, 0.2) is 11.0 Å². The quantitative estimate of drug-likeness (QED) is 0.349. The van der Waals surface area contributed by atoms with Crippen LogP contribution in [0, 0.1) is 29.6 Å². The summed E-state index contributed by atoms with van der Waals surface area (Å²) >= 11 is 1.64. The van der Waals surface area contributed by atoms with Crippen LogP contribution in [-0.4, -0.2) is 36.6 Å². The number of ketones is 1. The average molecular weight is 603 g/mol. The van der Waals surface area contributed by atoms with Crippen LogP contribution < -0.4 is 5.32 Å². The molecular formula is C34H58N2O3SSi. The minimum Gasteiger partial charge on any atom is -0.411 e. The van der Waals surface area contributed by atoms with Crippen molar-refractivity contribution >= 4 is 37.4 Å². The number of hydrogen-bond donors (Lipinski definition) is 1. The van der Waals surface area contributed by atoms with E-state index >= 15 is 0 Å². The summed E-state index contributed by atoms with van der Waals surface area (Å²) in [5.74, 6) is 0.800. The van der Waals surface area contributed by atoms with Crippen molar-refractivity contribution in [2.45, 2.75) is 150 Å². The van der Waals surface area contributed by atoms with Gasteiger partial charge >= 0.3 is 0 Å². The lowest BCUT2D eigenvalue weighted by Crippen LogP contribution is -2.49. The summed E-state index contributed by atoms with van der Waals surface area (Å²) in [4.78, 5) is 31.6. The Morgan fingerprint density at radius 1 is 1.17 bits per heavy atom. The Balaban J connectivity index is 2.00. The molecular weight excluding hydrogens is 545 g/mol. The number of carbonyl (C=O) groups is 2. The maximum atomic E-state index is 13.5. The summed E-state index contributed by atoms with van der Waals surface area (Å²) in [6.45, 7) is 26.6. The van der Waals surface area contributed by atoms with Crippen LogP contribution in [0.1, 0.15) is 124 Å². The summed E-state index contributed by atoms with van der Waals surface area (Å²) in [6.07, 6.45) is 9.10. The van der Waals surface area contributed by atoms with Crippen LogP contribution in [0.5, 0.6) is 0 Å². The number of amides is 1. The molecule has 5 atom stereocenters. The molecule has 5 nitrogen and oxygen atoms in total. The molecule has 3 rings (SSSR count). The molecule has 1 saturated heterocycles. The zero-order valence-corrected chi connectivity index (χ0v) is 29.9. The molecule has 7 heteroatoms. The fourth-order valence-corrected chi connectivity index (χ4v) is 8.91. The Bertz CT molecular complexity index is 1130. The lowest BCUT2D eigenvalue weighted by atomic mass is 9.75. The second kappa shape index (κ2) is 12.4. The number of fused-ring (bicyclic) bond motifs is 1. The predicted octanol–water partition coefficient (Wildman–Crippen LogP) is 9.12. The standard InChI is InChI=1S/C34H58N2O3SSi/c1-23-14-13-16-33(10)22-34(33,39-41(11,12)31(5,6)7)20-28(24(2)19-27-21-40-26(4)35-27)36-29(37)15-17-32(8,9)30(38)25(3)18-23/h19,21,23,25,28H,13-18,20,22H2,1-12H3,(H,36,37). The van der Waals surface area contributed by atoms with Gasteiger partial charge in [0.05, 0.1) is 22.3 Å². The molecule has 1 N–H and O–H groups in total. The van der Waals surface area contributed by atoms with Crippen molar-refractivity contribution in [2.75, 3.05) is 0 Å². The number of nitrogens with one attached hydrogen (secondary N) is 1. The SMILES string of the molecule is CC(=Cc1csc(C)n1)C1CC2(O[Si](C)(C)C(C)(C)C)CC2(C)CCCC(C)CC(C)C(=O)C(C)(C)CCC(=O)N1. The molecule has 1 amide bonds. The van der Waals surface area contributed by atoms with Crippen LogP contribution in [0.4, 0.5) is 0 Å². The highest BCUT2D eigenvalue weighted by Crippen LogP contribution is 2.66. The number of thiazole rings is 1. The normalized spacial score (nSPS) is 32.8. The third kappa shape index (κ3) is 8.20. The van der Waals surface area contributed by atoms with Gasteiger partial charge in [0, 0.05) is 23.1 Å². The van der Waals surface area contributed by atoms with E-state index in [1.165, 1.54) is 0 Å². The van der Waals surface area contributed by atoms with Crippen molar-refractivity contribution in [3.8, 4) is 0 Å². The van der Waals surface area contributed by atoms with Crippen molar-refractivity contribution in [1.82, 2.24) is 10.3 Å². The molecule has 5 unspecified atom stereocenters. The fraction of sp³-hybridized carbons (Fsp3) is 0.794. The number of hydrogen-bond acceptors (Lipinski definition) is 5. The van der Waals surface area contributed by atoms with Gasteiger partial charge in [0.15, 0.2) is 8.32 Å². The first kappa shape index (κ1) is 34.2. The number of rotatable bonds is 4. The second-order valence-electron chi connectivity index (χ2n) is 16.0. The number of carbonyl (C=O) groups excluding carboxylic acids is 2. The molecule has 1 aromatic heterocycles. The van der Waals surface area contributed by atoms with E-state index in [9.17, 15) is 9.59 Å². The Kier molecular flexibility index (Phi) is 10.3. The summed E-state index contributed by atoms with van der Waals surface area (Å²) in [6, 6.07) is -0.152. The molecule has 1 saturated carbocycles. The smallest absolute Gasteiger partial charge is 0.220 e. The zero-order chi connectivity index (χ0) is 31.0. The van der Waals surface area contributed by atoms with Gasteiger partial charge in [0.2, 0.25) is 5.91 Å². The maximum Gasteiger partial charge on any atom is 0.220 e. The zero-order valence-electron chi connectivity index (χ0n) is 28.1.